The summed E-state index contributed by atoms with van der Waals surface area (Å²) in [6, 6.07) is 0. The molecule has 4 aliphatic carbocycles. The molecule has 2 nitrogen and oxygen atoms in total. The van der Waals surface area contributed by atoms with E-state index < -0.39 is 0 Å². The van der Waals surface area contributed by atoms with Gasteiger partial charge in [0.15, 0.2) is 0 Å². The highest BCUT2D eigenvalue weighted by Gasteiger charge is 2.63. The van der Waals surface area contributed by atoms with Crippen LogP contribution in [0.25, 0.3) is 0 Å². The standard InChI is InChI=1S/C31H52O2/c1-19(2)20(3)18-25(32)21(4)22-12-16-31(9)24-10-11-26-28(5,6)27(33)14-15-29(26,7)23(24)13-17-30(22,31)8/h19,21-22,25-27,32-33H,3,10-18H2,1-2,4-9H3/t21-,22+,25?,26-,27-,29+,30+,31-/m0/s1. The maximum Gasteiger partial charge on any atom is 0.0605 e. The molecule has 188 valence electrons. The van der Waals surface area contributed by atoms with Crippen LogP contribution in [0, 0.1) is 45.3 Å². The Hall–Kier alpha value is -0.600. The molecule has 2 N–H and O–H groups in total. The average molecular weight is 457 g/mol. The van der Waals surface area contributed by atoms with Gasteiger partial charge in [0.1, 0.15) is 0 Å². The fourth-order valence-corrected chi connectivity index (χ4v) is 9.52. The lowest BCUT2D eigenvalue weighted by molar-refractivity contribution is -0.0970. The third-order valence-corrected chi connectivity index (χ3v) is 12.3. The highest BCUT2D eigenvalue weighted by Crippen LogP contribution is 2.72. The molecule has 0 aliphatic heterocycles. The number of aliphatic hydroxyl groups is 2. The van der Waals surface area contributed by atoms with Crippen LogP contribution in [0.4, 0.5) is 0 Å². The van der Waals surface area contributed by atoms with Gasteiger partial charge in [-0.2, -0.15) is 0 Å². The molecule has 8 atom stereocenters. The van der Waals surface area contributed by atoms with Crippen LogP contribution in [-0.2, 0) is 0 Å². The summed E-state index contributed by atoms with van der Waals surface area (Å²) in [5.41, 5.74) is 5.52. The molecule has 0 aromatic carbocycles. The lowest BCUT2D eigenvalue weighted by atomic mass is 9.43. The van der Waals surface area contributed by atoms with E-state index in [4.69, 9.17) is 0 Å². The van der Waals surface area contributed by atoms with Gasteiger partial charge < -0.3 is 10.2 Å². The van der Waals surface area contributed by atoms with Crippen molar-refractivity contribution in [3.63, 3.8) is 0 Å². The summed E-state index contributed by atoms with van der Waals surface area (Å²) >= 11 is 0. The molecule has 4 aliphatic rings. The number of hydrogen-bond acceptors (Lipinski definition) is 2. The number of rotatable bonds is 5. The first kappa shape index (κ1) is 25.5. The van der Waals surface area contributed by atoms with E-state index in [0.29, 0.717) is 23.7 Å². The Balaban J connectivity index is 1.65. The molecule has 0 aromatic heterocycles. The van der Waals surface area contributed by atoms with E-state index in [1.807, 2.05) is 0 Å². The van der Waals surface area contributed by atoms with E-state index in [1.54, 1.807) is 11.1 Å². The summed E-state index contributed by atoms with van der Waals surface area (Å²) in [6.45, 7) is 23.3. The zero-order valence-electron chi connectivity index (χ0n) is 22.9. The van der Waals surface area contributed by atoms with Gasteiger partial charge in [-0.15, -0.1) is 0 Å². The minimum absolute atomic E-state index is 0.00281. The van der Waals surface area contributed by atoms with Crippen molar-refractivity contribution in [2.45, 2.75) is 125 Å². The second-order valence-electron chi connectivity index (χ2n) is 14.2. The molecule has 0 amide bonds. The number of hydrogen-bond donors (Lipinski definition) is 2. The topological polar surface area (TPSA) is 40.5 Å². The molecule has 1 unspecified atom stereocenters. The van der Waals surface area contributed by atoms with Crippen LogP contribution in [0.2, 0.25) is 0 Å². The largest absolute Gasteiger partial charge is 0.393 e. The third kappa shape index (κ3) is 3.55. The van der Waals surface area contributed by atoms with Gasteiger partial charge >= 0.3 is 0 Å². The summed E-state index contributed by atoms with van der Waals surface area (Å²) in [5, 5.41) is 22.0. The molecule has 0 spiro atoms. The monoisotopic (exact) mass is 456 g/mol. The van der Waals surface area contributed by atoms with Crippen molar-refractivity contribution in [2.24, 2.45) is 45.3 Å². The SMILES string of the molecule is C=C(CC(O)[C@@H](C)[C@H]1CC[C@@]2(C)C3=C(CC[C@]12C)[C@@]1(C)CC[C@H](O)C(C)(C)[C@@H]1CC3)C(C)C. The summed E-state index contributed by atoms with van der Waals surface area (Å²) in [6.07, 6.45) is 9.79. The van der Waals surface area contributed by atoms with Crippen LogP contribution in [0.1, 0.15) is 113 Å². The van der Waals surface area contributed by atoms with Crippen molar-refractivity contribution in [1.29, 1.82) is 0 Å². The first-order valence-corrected chi connectivity index (χ1v) is 14.0. The van der Waals surface area contributed by atoms with Gasteiger partial charge in [0, 0.05) is 0 Å². The van der Waals surface area contributed by atoms with E-state index in [1.165, 1.54) is 44.1 Å². The third-order valence-electron chi connectivity index (χ3n) is 12.3. The lowest BCUT2D eigenvalue weighted by Crippen LogP contribution is -2.55. The molecule has 33 heavy (non-hydrogen) atoms. The Morgan fingerprint density at radius 2 is 1.61 bits per heavy atom. The normalized spacial score (nSPS) is 44.2. The summed E-state index contributed by atoms with van der Waals surface area (Å²) in [7, 11) is 0. The van der Waals surface area contributed by atoms with Gasteiger partial charge in [-0.25, -0.2) is 0 Å². The van der Waals surface area contributed by atoms with E-state index in [9.17, 15) is 10.2 Å². The zero-order chi connectivity index (χ0) is 24.6. The number of fused-ring (bicyclic) bond motifs is 4. The smallest absolute Gasteiger partial charge is 0.0605 e. The maximum absolute atomic E-state index is 11.2. The van der Waals surface area contributed by atoms with Gasteiger partial charge in [-0.1, -0.05) is 78.7 Å². The van der Waals surface area contributed by atoms with E-state index >= 15 is 0 Å². The molecule has 2 fully saturated rings. The van der Waals surface area contributed by atoms with Crippen molar-refractivity contribution >= 4 is 0 Å². The van der Waals surface area contributed by atoms with Crippen LogP contribution >= 0.6 is 0 Å². The first-order valence-electron chi connectivity index (χ1n) is 14.0. The molecule has 0 radical (unpaired) electrons. The Kier molecular flexibility index (Phi) is 6.35. The van der Waals surface area contributed by atoms with E-state index in [-0.39, 0.29) is 33.9 Å². The molecule has 0 bridgehead atoms. The highest BCUT2D eigenvalue weighted by atomic mass is 16.3. The highest BCUT2D eigenvalue weighted by molar-refractivity contribution is 5.38. The van der Waals surface area contributed by atoms with Crippen LogP contribution in [0.15, 0.2) is 23.3 Å². The second kappa shape index (κ2) is 8.22. The van der Waals surface area contributed by atoms with Crippen molar-refractivity contribution in [2.75, 3.05) is 0 Å². The zero-order valence-corrected chi connectivity index (χ0v) is 22.9. The summed E-state index contributed by atoms with van der Waals surface area (Å²) in [4.78, 5) is 0. The van der Waals surface area contributed by atoms with Crippen molar-refractivity contribution in [3.05, 3.63) is 23.3 Å². The van der Waals surface area contributed by atoms with Gasteiger partial charge in [0.05, 0.1) is 12.2 Å². The number of aliphatic hydroxyl groups excluding tert-OH is 2. The molecule has 2 saturated carbocycles. The van der Waals surface area contributed by atoms with Gasteiger partial charge in [0.25, 0.3) is 0 Å². The van der Waals surface area contributed by atoms with Crippen molar-refractivity contribution < 1.29 is 10.2 Å². The first-order chi connectivity index (χ1) is 15.2. The fourth-order valence-electron chi connectivity index (χ4n) is 9.52. The molecule has 0 aromatic rings. The molecule has 4 rings (SSSR count). The minimum Gasteiger partial charge on any atom is -0.393 e. The quantitative estimate of drug-likeness (QED) is 0.416. The fraction of sp³-hybridized carbons (Fsp3) is 0.871. The Morgan fingerprint density at radius 1 is 0.939 bits per heavy atom. The Morgan fingerprint density at radius 3 is 2.24 bits per heavy atom. The summed E-state index contributed by atoms with van der Waals surface area (Å²) < 4.78 is 0. The van der Waals surface area contributed by atoms with Gasteiger partial charge in [-0.3, -0.25) is 0 Å². The van der Waals surface area contributed by atoms with Crippen LogP contribution in [-0.4, -0.2) is 22.4 Å². The summed E-state index contributed by atoms with van der Waals surface area (Å²) in [5.74, 6) is 1.90. The average Bonchev–Trinajstić information content (AvgIpc) is 3.02. The second-order valence-corrected chi connectivity index (χ2v) is 14.2. The van der Waals surface area contributed by atoms with Crippen LogP contribution < -0.4 is 0 Å². The Labute approximate surface area is 204 Å². The van der Waals surface area contributed by atoms with Crippen LogP contribution in [0.5, 0.6) is 0 Å². The van der Waals surface area contributed by atoms with Gasteiger partial charge in [-0.05, 0) is 103 Å². The van der Waals surface area contributed by atoms with Crippen LogP contribution in [0.3, 0.4) is 0 Å². The molecule has 0 saturated heterocycles. The molecular formula is C31H52O2. The van der Waals surface area contributed by atoms with Crippen molar-refractivity contribution in [3.8, 4) is 0 Å². The van der Waals surface area contributed by atoms with Crippen molar-refractivity contribution in [1.82, 2.24) is 0 Å². The minimum atomic E-state index is -0.284. The van der Waals surface area contributed by atoms with Gasteiger partial charge in [0.2, 0.25) is 0 Å². The molecular weight excluding hydrogens is 404 g/mol. The Bertz CT molecular complexity index is 821. The molecule has 0 heterocycles. The number of allylic oxidation sites excluding steroid dienone is 2. The predicted molar refractivity (Wildman–Crippen MR) is 139 cm³/mol. The van der Waals surface area contributed by atoms with E-state index in [0.717, 1.165) is 19.3 Å². The predicted octanol–water partition coefficient (Wildman–Crippen LogP) is 7.70. The maximum atomic E-state index is 11.2. The lowest BCUT2D eigenvalue weighted by Gasteiger charge is -2.62. The van der Waals surface area contributed by atoms with E-state index in [2.05, 4.69) is 62.0 Å². The molecule has 2 heteroatoms.